The molecule has 9 nitrogen and oxygen atoms in total. The summed E-state index contributed by atoms with van der Waals surface area (Å²) in [6.07, 6.45) is -0.306. The molecule has 0 bridgehead atoms. The first-order valence-corrected chi connectivity index (χ1v) is 9.47. The van der Waals surface area contributed by atoms with Crippen LogP contribution in [-0.2, 0) is 30.5 Å². The summed E-state index contributed by atoms with van der Waals surface area (Å²) in [5.41, 5.74) is 0.816. The first kappa shape index (κ1) is 21.7. The van der Waals surface area contributed by atoms with E-state index in [-0.39, 0.29) is 31.5 Å². The monoisotopic (exact) mass is 455 g/mol. The number of methoxy groups -OCH3 is 1. The maximum absolute atomic E-state index is 12.0. The number of esters is 1. The van der Waals surface area contributed by atoms with E-state index >= 15 is 0 Å². The molecule has 10 heteroatoms. The summed E-state index contributed by atoms with van der Waals surface area (Å²) in [6, 6.07) is 8.15. The fourth-order valence-corrected chi connectivity index (χ4v) is 2.84. The van der Waals surface area contributed by atoms with Crippen molar-refractivity contribution >= 4 is 38.5 Å². The molecule has 0 fully saturated rings. The second-order valence-corrected chi connectivity index (χ2v) is 6.94. The van der Waals surface area contributed by atoms with Crippen molar-refractivity contribution in [1.29, 1.82) is 0 Å². The minimum absolute atomic E-state index is 0.0213. The van der Waals surface area contributed by atoms with Crippen LogP contribution in [0.15, 0.2) is 35.5 Å². The van der Waals surface area contributed by atoms with Gasteiger partial charge in [-0.3, -0.25) is 4.79 Å². The normalized spacial score (nSPS) is 16.4. The molecule has 0 aromatic heterocycles. The number of nitrogens with zero attached hydrogens (tertiary/aromatic N) is 1. The van der Waals surface area contributed by atoms with Crippen molar-refractivity contribution in [3.63, 3.8) is 0 Å². The molecule has 1 aliphatic heterocycles. The molecule has 0 spiro atoms. The molecule has 0 radical (unpaired) electrons. The van der Waals surface area contributed by atoms with Crippen LogP contribution in [0.5, 0.6) is 0 Å². The standard InChI is InChI=1S/C18H22BrN3O6/c1-26-17(24)14(21-18(25)27-11-12-5-3-2-4-6-12)7-8-16(23)20-10-13-9-15(19)22-28-13/h2-6,13-14H,7-11H2,1H3,(H,20,23)(H,21,25)/t13-,14?/m0/s1. The predicted molar refractivity (Wildman–Crippen MR) is 104 cm³/mol. The smallest absolute Gasteiger partial charge is 0.408 e. The summed E-state index contributed by atoms with van der Waals surface area (Å²) in [5, 5.41) is 8.87. The molecular weight excluding hydrogens is 434 g/mol. The third kappa shape index (κ3) is 7.55. The first-order chi connectivity index (χ1) is 13.5. The molecule has 1 aromatic carbocycles. The molecule has 152 valence electrons. The summed E-state index contributed by atoms with van der Waals surface area (Å²) >= 11 is 3.22. The summed E-state index contributed by atoms with van der Waals surface area (Å²) in [7, 11) is 1.21. The van der Waals surface area contributed by atoms with E-state index in [1.54, 1.807) is 0 Å². The molecule has 1 heterocycles. The minimum Gasteiger partial charge on any atom is -0.467 e. The Kier molecular flexibility index (Phi) is 8.73. The Morgan fingerprint density at radius 1 is 1.32 bits per heavy atom. The number of alkyl carbamates (subject to hydrolysis) is 1. The maximum atomic E-state index is 12.0. The molecule has 1 aliphatic rings. The first-order valence-electron chi connectivity index (χ1n) is 8.68. The summed E-state index contributed by atoms with van der Waals surface area (Å²) < 4.78 is 10.5. The van der Waals surface area contributed by atoms with Gasteiger partial charge in [-0.25, -0.2) is 9.59 Å². The van der Waals surface area contributed by atoms with Crippen LogP contribution in [0.1, 0.15) is 24.8 Å². The van der Waals surface area contributed by atoms with Gasteiger partial charge in [0.2, 0.25) is 5.91 Å². The highest BCUT2D eigenvalue weighted by atomic mass is 79.9. The third-order valence-corrected chi connectivity index (χ3v) is 4.34. The number of halogens is 1. The zero-order valence-electron chi connectivity index (χ0n) is 15.4. The van der Waals surface area contributed by atoms with Gasteiger partial charge in [-0.05, 0) is 27.9 Å². The average Bonchev–Trinajstić information content (AvgIpc) is 3.13. The van der Waals surface area contributed by atoms with Crippen molar-refractivity contribution in [1.82, 2.24) is 10.6 Å². The van der Waals surface area contributed by atoms with Crippen LogP contribution in [0.4, 0.5) is 4.79 Å². The number of ether oxygens (including phenoxy) is 2. The van der Waals surface area contributed by atoms with Crippen LogP contribution in [0, 0.1) is 0 Å². The van der Waals surface area contributed by atoms with Gasteiger partial charge in [0, 0.05) is 12.8 Å². The lowest BCUT2D eigenvalue weighted by Crippen LogP contribution is -2.42. The van der Waals surface area contributed by atoms with Crippen molar-refractivity contribution in [2.45, 2.75) is 38.0 Å². The molecule has 2 atom stereocenters. The van der Waals surface area contributed by atoms with E-state index in [2.05, 4.69) is 36.5 Å². The second-order valence-electron chi connectivity index (χ2n) is 6.02. The molecule has 0 saturated carbocycles. The van der Waals surface area contributed by atoms with Crippen molar-refractivity contribution in [2.75, 3.05) is 13.7 Å². The van der Waals surface area contributed by atoms with Crippen LogP contribution in [0.3, 0.4) is 0 Å². The van der Waals surface area contributed by atoms with Crippen molar-refractivity contribution in [3.05, 3.63) is 35.9 Å². The van der Waals surface area contributed by atoms with Gasteiger partial charge in [0.05, 0.1) is 13.7 Å². The zero-order chi connectivity index (χ0) is 20.4. The quantitative estimate of drug-likeness (QED) is 0.548. The maximum Gasteiger partial charge on any atom is 0.408 e. The van der Waals surface area contributed by atoms with Crippen LogP contribution in [-0.4, -0.2) is 48.4 Å². The fourth-order valence-electron chi connectivity index (χ4n) is 2.39. The lowest BCUT2D eigenvalue weighted by Gasteiger charge is -2.16. The van der Waals surface area contributed by atoms with Gasteiger partial charge in [-0.1, -0.05) is 35.5 Å². The van der Waals surface area contributed by atoms with Crippen molar-refractivity contribution in [2.24, 2.45) is 5.16 Å². The number of oxime groups is 1. The Morgan fingerprint density at radius 2 is 2.07 bits per heavy atom. The second kappa shape index (κ2) is 11.3. The van der Waals surface area contributed by atoms with E-state index in [9.17, 15) is 14.4 Å². The summed E-state index contributed by atoms with van der Waals surface area (Å²) in [6.45, 7) is 0.368. The molecule has 1 aromatic rings. The van der Waals surface area contributed by atoms with Gasteiger partial charge in [0.1, 0.15) is 17.3 Å². The number of hydrogen-bond donors (Lipinski definition) is 2. The Morgan fingerprint density at radius 3 is 2.71 bits per heavy atom. The number of carbonyl (C=O) groups is 3. The number of hydrogen-bond acceptors (Lipinski definition) is 7. The van der Waals surface area contributed by atoms with E-state index in [0.29, 0.717) is 17.6 Å². The van der Waals surface area contributed by atoms with E-state index in [1.807, 2.05) is 30.3 Å². The molecule has 2 amide bonds. The molecule has 1 unspecified atom stereocenters. The van der Waals surface area contributed by atoms with Gasteiger partial charge in [-0.15, -0.1) is 0 Å². The van der Waals surface area contributed by atoms with E-state index in [1.165, 1.54) is 7.11 Å². The number of rotatable bonds is 9. The molecule has 28 heavy (non-hydrogen) atoms. The van der Waals surface area contributed by atoms with Crippen LogP contribution >= 0.6 is 15.9 Å². The lowest BCUT2D eigenvalue weighted by atomic mass is 10.1. The molecule has 0 saturated heterocycles. The van der Waals surface area contributed by atoms with Gasteiger partial charge in [-0.2, -0.15) is 0 Å². The summed E-state index contributed by atoms with van der Waals surface area (Å²) in [5.74, 6) is -0.930. The highest BCUT2D eigenvalue weighted by molar-refractivity contribution is 9.18. The topological polar surface area (TPSA) is 115 Å². The molecule has 0 aliphatic carbocycles. The van der Waals surface area contributed by atoms with E-state index < -0.39 is 18.1 Å². The van der Waals surface area contributed by atoms with Crippen molar-refractivity contribution < 1.29 is 28.7 Å². The van der Waals surface area contributed by atoms with Gasteiger partial charge in [0.25, 0.3) is 0 Å². The molecule has 2 rings (SSSR count). The average molecular weight is 456 g/mol. The van der Waals surface area contributed by atoms with E-state index in [4.69, 9.17) is 9.57 Å². The Balaban J connectivity index is 1.73. The Labute approximate surface area is 170 Å². The van der Waals surface area contributed by atoms with Gasteiger partial charge >= 0.3 is 12.1 Å². The Bertz CT molecular complexity index is 713. The molecular formula is C18H22BrN3O6. The SMILES string of the molecule is COC(=O)C(CCC(=O)NC[C@@H]1CC(Br)=NO1)NC(=O)OCc1ccccc1. The number of amides is 2. The number of benzene rings is 1. The number of carbonyl (C=O) groups excluding carboxylic acids is 3. The largest absolute Gasteiger partial charge is 0.467 e. The van der Waals surface area contributed by atoms with Gasteiger partial charge < -0.3 is 24.9 Å². The summed E-state index contributed by atoms with van der Waals surface area (Å²) in [4.78, 5) is 40.9. The molecule has 2 N–H and O–H groups in total. The van der Waals surface area contributed by atoms with E-state index in [0.717, 1.165) is 5.56 Å². The van der Waals surface area contributed by atoms with Crippen molar-refractivity contribution in [3.8, 4) is 0 Å². The lowest BCUT2D eigenvalue weighted by molar-refractivity contribution is -0.143. The van der Waals surface area contributed by atoms with Crippen LogP contribution < -0.4 is 10.6 Å². The zero-order valence-corrected chi connectivity index (χ0v) is 16.9. The fraction of sp³-hybridized carbons (Fsp3) is 0.444. The Hall–Kier alpha value is -2.62. The van der Waals surface area contributed by atoms with Crippen LogP contribution in [0.25, 0.3) is 0 Å². The van der Waals surface area contributed by atoms with Crippen LogP contribution in [0.2, 0.25) is 0 Å². The number of nitrogens with one attached hydrogen (secondary N) is 2. The highest BCUT2D eigenvalue weighted by Crippen LogP contribution is 2.13. The van der Waals surface area contributed by atoms with Gasteiger partial charge in [0.15, 0.2) is 6.10 Å². The third-order valence-electron chi connectivity index (χ3n) is 3.87. The highest BCUT2D eigenvalue weighted by Gasteiger charge is 2.24. The minimum atomic E-state index is -0.987. The predicted octanol–water partition coefficient (Wildman–Crippen LogP) is 1.85.